The van der Waals surface area contributed by atoms with Crippen molar-refractivity contribution in [1.29, 1.82) is 0 Å². The van der Waals surface area contributed by atoms with Crippen LogP contribution in [0.5, 0.6) is 5.75 Å². The zero-order valence-corrected chi connectivity index (χ0v) is 14.1. The standard InChI is InChI=1S/C19H21N3O3/c1-14(23)15-4-2-6-17(10-15)25-13-19(24)22-9-8-21-12-18(22)16-5-3-7-20-11-16/h2-7,10-11,18,21H,8-9,12-13H2,1H3. The average Bonchev–Trinajstić information content (AvgIpc) is 2.67. The molecular weight excluding hydrogens is 318 g/mol. The first-order valence-electron chi connectivity index (χ1n) is 8.29. The fourth-order valence-corrected chi connectivity index (χ4v) is 2.91. The number of ether oxygens (including phenoxy) is 1. The molecule has 1 atom stereocenters. The van der Waals surface area contributed by atoms with Crippen LogP contribution in [-0.2, 0) is 4.79 Å². The second-order valence-corrected chi connectivity index (χ2v) is 5.97. The van der Waals surface area contributed by atoms with Crippen molar-refractivity contribution in [2.45, 2.75) is 13.0 Å². The minimum atomic E-state index is -0.0800. The van der Waals surface area contributed by atoms with Gasteiger partial charge in [0, 0.05) is 37.6 Å². The summed E-state index contributed by atoms with van der Waals surface area (Å²) in [5, 5.41) is 3.31. The lowest BCUT2D eigenvalue weighted by Gasteiger charge is -2.36. The molecular formula is C19H21N3O3. The number of pyridine rings is 1. The van der Waals surface area contributed by atoms with Crippen molar-refractivity contribution in [1.82, 2.24) is 15.2 Å². The monoisotopic (exact) mass is 339 g/mol. The number of piperazine rings is 1. The van der Waals surface area contributed by atoms with Gasteiger partial charge in [-0.2, -0.15) is 0 Å². The van der Waals surface area contributed by atoms with E-state index in [1.54, 1.807) is 36.7 Å². The van der Waals surface area contributed by atoms with E-state index in [-0.39, 0.29) is 24.3 Å². The molecule has 0 saturated carbocycles. The van der Waals surface area contributed by atoms with Crippen LogP contribution in [0.2, 0.25) is 0 Å². The van der Waals surface area contributed by atoms with E-state index >= 15 is 0 Å². The Balaban J connectivity index is 1.67. The summed E-state index contributed by atoms with van der Waals surface area (Å²) in [7, 11) is 0. The van der Waals surface area contributed by atoms with Gasteiger partial charge < -0.3 is 15.0 Å². The van der Waals surface area contributed by atoms with E-state index in [1.807, 2.05) is 17.0 Å². The SMILES string of the molecule is CC(=O)c1cccc(OCC(=O)N2CCNCC2c2cccnc2)c1. The van der Waals surface area contributed by atoms with Crippen molar-refractivity contribution in [3.8, 4) is 5.75 Å². The lowest BCUT2D eigenvalue weighted by atomic mass is 10.1. The Morgan fingerprint density at radius 3 is 2.96 bits per heavy atom. The van der Waals surface area contributed by atoms with Crippen molar-refractivity contribution in [2.24, 2.45) is 0 Å². The van der Waals surface area contributed by atoms with E-state index in [4.69, 9.17) is 4.74 Å². The normalized spacial score (nSPS) is 17.2. The van der Waals surface area contributed by atoms with E-state index in [0.29, 0.717) is 24.4 Å². The van der Waals surface area contributed by atoms with Crippen LogP contribution in [0.4, 0.5) is 0 Å². The van der Waals surface area contributed by atoms with Crippen molar-refractivity contribution in [3.05, 3.63) is 59.9 Å². The molecule has 0 radical (unpaired) electrons. The van der Waals surface area contributed by atoms with Crippen LogP contribution in [0, 0.1) is 0 Å². The van der Waals surface area contributed by atoms with Gasteiger partial charge in [-0.05, 0) is 30.7 Å². The van der Waals surface area contributed by atoms with Crippen LogP contribution in [-0.4, -0.2) is 47.8 Å². The third kappa shape index (κ3) is 4.22. The van der Waals surface area contributed by atoms with E-state index in [0.717, 1.165) is 12.1 Å². The quantitative estimate of drug-likeness (QED) is 0.842. The summed E-state index contributed by atoms with van der Waals surface area (Å²) in [6.45, 7) is 3.51. The molecule has 3 rings (SSSR count). The van der Waals surface area contributed by atoms with E-state index in [9.17, 15) is 9.59 Å². The number of hydrogen-bond acceptors (Lipinski definition) is 5. The minimum Gasteiger partial charge on any atom is -0.484 e. The molecule has 6 heteroatoms. The van der Waals surface area contributed by atoms with Crippen LogP contribution in [0.25, 0.3) is 0 Å². The van der Waals surface area contributed by atoms with E-state index < -0.39 is 0 Å². The smallest absolute Gasteiger partial charge is 0.261 e. The van der Waals surface area contributed by atoms with Crippen molar-refractivity contribution >= 4 is 11.7 Å². The lowest BCUT2D eigenvalue weighted by Crippen LogP contribution is -2.50. The number of hydrogen-bond donors (Lipinski definition) is 1. The summed E-state index contributed by atoms with van der Waals surface area (Å²) in [5.74, 6) is 0.410. The third-order valence-electron chi connectivity index (χ3n) is 4.24. The maximum absolute atomic E-state index is 12.7. The summed E-state index contributed by atoms with van der Waals surface area (Å²) in [6.07, 6.45) is 3.51. The Morgan fingerprint density at radius 2 is 2.20 bits per heavy atom. The molecule has 1 aromatic heterocycles. The largest absolute Gasteiger partial charge is 0.484 e. The molecule has 1 N–H and O–H groups in total. The molecule has 1 aliphatic rings. The molecule has 1 saturated heterocycles. The summed E-state index contributed by atoms with van der Waals surface area (Å²) < 4.78 is 5.62. The molecule has 0 spiro atoms. The van der Waals surface area contributed by atoms with E-state index in [2.05, 4.69) is 10.3 Å². The highest BCUT2D eigenvalue weighted by molar-refractivity contribution is 5.94. The first kappa shape index (κ1) is 17.1. The van der Waals surface area contributed by atoms with Gasteiger partial charge in [0.25, 0.3) is 5.91 Å². The van der Waals surface area contributed by atoms with Gasteiger partial charge in [-0.15, -0.1) is 0 Å². The lowest BCUT2D eigenvalue weighted by molar-refractivity contribution is -0.136. The average molecular weight is 339 g/mol. The molecule has 25 heavy (non-hydrogen) atoms. The molecule has 1 amide bonds. The number of ketones is 1. The Labute approximate surface area is 146 Å². The zero-order chi connectivity index (χ0) is 17.6. The van der Waals surface area contributed by atoms with Crippen LogP contribution < -0.4 is 10.1 Å². The molecule has 1 unspecified atom stereocenters. The van der Waals surface area contributed by atoms with Gasteiger partial charge in [0.15, 0.2) is 12.4 Å². The van der Waals surface area contributed by atoms with Crippen LogP contribution in [0.3, 0.4) is 0 Å². The highest BCUT2D eigenvalue weighted by Gasteiger charge is 2.28. The van der Waals surface area contributed by atoms with Gasteiger partial charge >= 0.3 is 0 Å². The second kappa shape index (κ2) is 7.90. The van der Waals surface area contributed by atoms with Gasteiger partial charge in [-0.1, -0.05) is 18.2 Å². The first-order valence-corrected chi connectivity index (χ1v) is 8.29. The molecule has 1 aromatic carbocycles. The predicted molar refractivity (Wildman–Crippen MR) is 93.5 cm³/mol. The number of rotatable bonds is 5. The summed E-state index contributed by atoms with van der Waals surface area (Å²) in [5.41, 5.74) is 1.57. The summed E-state index contributed by atoms with van der Waals surface area (Å²) >= 11 is 0. The second-order valence-electron chi connectivity index (χ2n) is 5.97. The molecule has 1 fully saturated rings. The Morgan fingerprint density at radius 1 is 1.32 bits per heavy atom. The molecule has 0 bridgehead atoms. The van der Waals surface area contributed by atoms with Gasteiger partial charge in [-0.25, -0.2) is 0 Å². The molecule has 1 aliphatic heterocycles. The Kier molecular flexibility index (Phi) is 5.40. The number of amides is 1. The van der Waals surface area contributed by atoms with Crippen LogP contribution in [0.15, 0.2) is 48.8 Å². The Hall–Kier alpha value is -2.73. The fraction of sp³-hybridized carbons (Fsp3) is 0.316. The molecule has 6 nitrogen and oxygen atoms in total. The van der Waals surface area contributed by atoms with E-state index in [1.165, 1.54) is 6.92 Å². The highest BCUT2D eigenvalue weighted by Crippen LogP contribution is 2.22. The number of aromatic nitrogens is 1. The predicted octanol–water partition coefficient (Wildman–Crippen LogP) is 1.84. The van der Waals surface area contributed by atoms with Gasteiger partial charge in [-0.3, -0.25) is 14.6 Å². The maximum atomic E-state index is 12.7. The van der Waals surface area contributed by atoms with Crippen molar-refractivity contribution in [3.63, 3.8) is 0 Å². The highest BCUT2D eigenvalue weighted by atomic mass is 16.5. The number of carbonyl (C=O) groups excluding carboxylic acids is 2. The van der Waals surface area contributed by atoms with Crippen LogP contribution in [0.1, 0.15) is 28.9 Å². The topological polar surface area (TPSA) is 71.5 Å². The van der Waals surface area contributed by atoms with Gasteiger partial charge in [0.05, 0.1) is 6.04 Å². The number of Topliss-reactive ketones (excluding diaryl/α,β-unsaturated/α-hetero) is 1. The summed E-state index contributed by atoms with van der Waals surface area (Å²) in [4.78, 5) is 30.1. The molecule has 2 heterocycles. The number of nitrogens with one attached hydrogen (secondary N) is 1. The number of nitrogens with zero attached hydrogens (tertiary/aromatic N) is 2. The van der Waals surface area contributed by atoms with Gasteiger partial charge in [0.1, 0.15) is 5.75 Å². The minimum absolute atomic E-state index is 0.0319. The fourth-order valence-electron chi connectivity index (χ4n) is 2.91. The van der Waals surface area contributed by atoms with Crippen molar-refractivity contribution < 1.29 is 14.3 Å². The van der Waals surface area contributed by atoms with Gasteiger partial charge in [0.2, 0.25) is 0 Å². The zero-order valence-electron chi connectivity index (χ0n) is 14.1. The first-order chi connectivity index (χ1) is 12.1. The molecule has 130 valence electrons. The van der Waals surface area contributed by atoms with Crippen molar-refractivity contribution in [2.75, 3.05) is 26.2 Å². The molecule has 0 aliphatic carbocycles. The van der Waals surface area contributed by atoms with Crippen LogP contribution >= 0.6 is 0 Å². The maximum Gasteiger partial charge on any atom is 0.261 e. The summed E-state index contributed by atoms with van der Waals surface area (Å²) in [6, 6.07) is 10.7. The third-order valence-corrected chi connectivity index (χ3v) is 4.24. The number of carbonyl (C=O) groups is 2. The number of benzene rings is 1. The Bertz CT molecular complexity index is 749. The molecule has 2 aromatic rings.